The molecule has 0 bridgehead atoms. The van der Waals surface area contributed by atoms with Gasteiger partial charge in [-0.25, -0.2) is 14.2 Å². The van der Waals surface area contributed by atoms with Gasteiger partial charge in [-0.3, -0.25) is 5.10 Å². The van der Waals surface area contributed by atoms with E-state index >= 15 is 0 Å². The Morgan fingerprint density at radius 3 is 2.84 bits per heavy atom. The number of nitrogens with zero attached hydrogens (tertiary/aromatic N) is 2. The van der Waals surface area contributed by atoms with Gasteiger partial charge in [0.15, 0.2) is 5.82 Å². The van der Waals surface area contributed by atoms with Gasteiger partial charge < -0.3 is 10.6 Å². The molecule has 130 valence electrons. The fraction of sp³-hybridized carbons (Fsp3) is 0.235. The van der Waals surface area contributed by atoms with Crippen LogP contribution in [0.5, 0.6) is 0 Å². The molecule has 3 aromatic rings. The highest BCUT2D eigenvalue weighted by molar-refractivity contribution is 7.10. The number of benzene rings is 1. The highest BCUT2D eigenvalue weighted by Gasteiger charge is 2.22. The summed E-state index contributed by atoms with van der Waals surface area (Å²) in [4.78, 5) is 17.2. The van der Waals surface area contributed by atoms with Gasteiger partial charge in [-0.05, 0) is 29.6 Å². The van der Waals surface area contributed by atoms with Crippen molar-refractivity contribution in [1.82, 2.24) is 20.5 Å². The van der Waals surface area contributed by atoms with Gasteiger partial charge in [0.05, 0.1) is 5.69 Å². The van der Waals surface area contributed by atoms with E-state index in [0.717, 1.165) is 0 Å². The van der Waals surface area contributed by atoms with E-state index in [1.807, 2.05) is 31.4 Å². The van der Waals surface area contributed by atoms with Crippen molar-refractivity contribution in [2.45, 2.75) is 19.3 Å². The quantitative estimate of drug-likeness (QED) is 0.648. The van der Waals surface area contributed by atoms with Crippen LogP contribution in [-0.4, -0.2) is 27.8 Å². The van der Waals surface area contributed by atoms with Crippen LogP contribution >= 0.6 is 11.3 Å². The summed E-state index contributed by atoms with van der Waals surface area (Å²) < 4.78 is 14.2. The summed E-state index contributed by atoms with van der Waals surface area (Å²) in [6, 6.07) is 8.02. The summed E-state index contributed by atoms with van der Waals surface area (Å²) in [5.41, 5.74) is 0.467. The lowest BCUT2D eigenvalue weighted by Gasteiger charge is -2.23. The summed E-state index contributed by atoms with van der Waals surface area (Å²) in [5.74, 6) is -0.0748. The summed E-state index contributed by atoms with van der Waals surface area (Å²) in [5, 5.41) is 13.7. The van der Waals surface area contributed by atoms with Crippen LogP contribution in [0.15, 0.2) is 42.0 Å². The molecule has 0 saturated carbocycles. The Morgan fingerprint density at radius 1 is 1.36 bits per heavy atom. The van der Waals surface area contributed by atoms with Crippen molar-refractivity contribution >= 4 is 23.1 Å². The Labute approximate surface area is 148 Å². The molecule has 0 aliphatic carbocycles. The fourth-order valence-electron chi connectivity index (χ4n) is 2.33. The molecular weight excluding hydrogens is 341 g/mol. The average Bonchev–Trinajstić information content (AvgIpc) is 3.28. The Bertz CT molecular complexity index is 846. The van der Waals surface area contributed by atoms with Crippen LogP contribution in [-0.2, 0) is 5.41 Å². The molecule has 1 aromatic carbocycles. The van der Waals surface area contributed by atoms with Crippen LogP contribution in [0.25, 0.3) is 11.4 Å². The van der Waals surface area contributed by atoms with Crippen LogP contribution in [0.3, 0.4) is 0 Å². The number of aromatic amines is 1. The number of carbonyl (C=O) groups is 1. The maximum atomic E-state index is 14.2. The topological polar surface area (TPSA) is 82.7 Å². The highest BCUT2D eigenvalue weighted by Crippen LogP contribution is 2.26. The first-order valence-electron chi connectivity index (χ1n) is 7.70. The zero-order chi connectivity index (χ0) is 17.9. The number of halogens is 1. The van der Waals surface area contributed by atoms with Gasteiger partial charge in [0.1, 0.15) is 12.1 Å². The molecule has 0 radical (unpaired) electrons. The number of aromatic nitrogens is 3. The van der Waals surface area contributed by atoms with Crippen molar-refractivity contribution in [2.24, 2.45) is 0 Å². The molecule has 0 unspecified atom stereocenters. The van der Waals surface area contributed by atoms with E-state index in [1.54, 1.807) is 17.4 Å². The molecule has 0 aliphatic heterocycles. The summed E-state index contributed by atoms with van der Waals surface area (Å²) in [6.07, 6.45) is 1.35. The van der Waals surface area contributed by atoms with Gasteiger partial charge in [-0.15, -0.1) is 11.3 Å². The van der Waals surface area contributed by atoms with E-state index in [4.69, 9.17) is 0 Å². The minimum Gasteiger partial charge on any atom is -0.337 e. The molecule has 0 aliphatic rings. The largest absolute Gasteiger partial charge is 0.337 e. The van der Waals surface area contributed by atoms with E-state index < -0.39 is 11.8 Å². The first-order chi connectivity index (χ1) is 12.0. The van der Waals surface area contributed by atoms with Gasteiger partial charge in [0, 0.05) is 22.4 Å². The first-order valence-corrected chi connectivity index (χ1v) is 8.58. The van der Waals surface area contributed by atoms with Crippen molar-refractivity contribution in [3.8, 4) is 11.4 Å². The Hall–Kier alpha value is -2.74. The second-order valence-corrected chi connectivity index (χ2v) is 7.15. The number of urea groups is 1. The lowest BCUT2D eigenvalue weighted by atomic mass is 9.91. The van der Waals surface area contributed by atoms with E-state index in [1.165, 1.54) is 23.3 Å². The molecule has 2 aromatic heterocycles. The van der Waals surface area contributed by atoms with E-state index in [-0.39, 0.29) is 11.1 Å². The third kappa shape index (κ3) is 4.03. The predicted molar refractivity (Wildman–Crippen MR) is 96.1 cm³/mol. The number of H-pyrrole nitrogens is 1. The third-order valence-electron chi connectivity index (χ3n) is 3.78. The number of carbonyl (C=O) groups excluding carboxylic acids is 1. The number of anilines is 1. The van der Waals surface area contributed by atoms with Gasteiger partial charge in [-0.1, -0.05) is 19.9 Å². The predicted octanol–water partition coefficient (Wildman–Crippen LogP) is 3.77. The normalized spacial score (nSPS) is 11.3. The molecule has 0 spiro atoms. The second kappa shape index (κ2) is 7.02. The molecule has 3 rings (SSSR count). The lowest BCUT2D eigenvalue weighted by molar-refractivity contribution is 0.249. The smallest absolute Gasteiger partial charge is 0.319 e. The van der Waals surface area contributed by atoms with E-state index in [0.29, 0.717) is 17.9 Å². The number of nitrogens with one attached hydrogen (secondary N) is 3. The second-order valence-electron chi connectivity index (χ2n) is 6.20. The van der Waals surface area contributed by atoms with Crippen molar-refractivity contribution in [2.75, 3.05) is 11.9 Å². The molecule has 0 atom stereocenters. The Morgan fingerprint density at radius 2 is 2.20 bits per heavy atom. The third-order valence-corrected chi connectivity index (χ3v) is 5.02. The summed E-state index contributed by atoms with van der Waals surface area (Å²) in [6.45, 7) is 4.54. The van der Waals surface area contributed by atoms with E-state index in [9.17, 15) is 9.18 Å². The fourth-order valence-corrected chi connectivity index (χ4v) is 3.18. The first kappa shape index (κ1) is 17.1. The van der Waals surface area contributed by atoms with E-state index in [2.05, 4.69) is 25.8 Å². The average molecular weight is 359 g/mol. The lowest BCUT2D eigenvalue weighted by Crippen LogP contribution is -2.38. The van der Waals surface area contributed by atoms with Crippen molar-refractivity contribution in [3.05, 3.63) is 52.7 Å². The Balaban J connectivity index is 1.61. The van der Waals surface area contributed by atoms with Crippen LogP contribution in [0.1, 0.15) is 18.7 Å². The van der Waals surface area contributed by atoms with Crippen molar-refractivity contribution in [3.63, 3.8) is 0 Å². The standard InChI is InChI=1S/C17H18FN5OS/c1-17(2,14-4-3-7-25-14)9-19-16(24)22-13-6-5-11(8-12(13)18)15-20-10-21-23-15/h3-8,10H,9H2,1-2H3,(H2,19,22,24)(H,20,21,23). The maximum absolute atomic E-state index is 14.2. The Kier molecular flexibility index (Phi) is 4.80. The number of thiophene rings is 1. The molecule has 6 nitrogen and oxygen atoms in total. The monoisotopic (exact) mass is 359 g/mol. The van der Waals surface area contributed by atoms with Crippen molar-refractivity contribution < 1.29 is 9.18 Å². The zero-order valence-electron chi connectivity index (χ0n) is 13.8. The molecular formula is C17H18FN5OS. The van der Waals surface area contributed by atoms with Crippen LogP contribution in [0, 0.1) is 5.82 Å². The maximum Gasteiger partial charge on any atom is 0.319 e. The van der Waals surface area contributed by atoms with Gasteiger partial charge in [0.2, 0.25) is 0 Å². The van der Waals surface area contributed by atoms with Gasteiger partial charge in [0.25, 0.3) is 0 Å². The SMILES string of the molecule is CC(C)(CNC(=O)Nc1ccc(-c2ncn[nH]2)cc1F)c1cccs1. The minimum absolute atomic E-state index is 0.106. The molecule has 0 fully saturated rings. The van der Waals surface area contributed by atoms with Gasteiger partial charge in [-0.2, -0.15) is 5.10 Å². The molecule has 0 saturated heterocycles. The molecule has 25 heavy (non-hydrogen) atoms. The van der Waals surface area contributed by atoms with Crippen molar-refractivity contribution in [1.29, 1.82) is 0 Å². The number of amides is 2. The number of hydrogen-bond acceptors (Lipinski definition) is 4. The highest BCUT2D eigenvalue weighted by atomic mass is 32.1. The molecule has 2 heterocycles. The number of rotatable bonds is 5. The van der Waals surface area contributed by atoms with Gasteiger partial charge >= 0.3 is 6.03 Å². The van der Waals surface area contributed by atoms with Crippen LogP contribution in [0.2, 0.25) is 0 Å². The molecule has 3 N–H and O–H groups in total. The molecule has 8 heteroatoms. The van der Waals surface area contributed by atoms with Crippen LogP contribution in [0.4, 0.5) is 14.9 Å². The minimum atomic E-state index is -0.540. The zero-order valence-corrected chi connectivity index (χ0v) is 14.7. The van der Waals surface area contributed by atoms with Crippen LogP contribution < -0.4 is 10.6 Å². The summed E-state index contributed by atoms with van der Waals surface area (Å²) in [7, 11) is 0. The summed E-state index contributed by atoms with van der Waals surface area (Å²) >= 11 is 1.64. The number of hydrogen-bond donors (Lipinski definition) is 3. The molecule has 2 amide bonds.